The highest BCUT2D eigenvalue weighted by Gasteiger charge is 2.06. The van der Waals surface area contributed by atoms with Crippen molar-refractivity contribution in [1.29, 1.82) is 0 Å². The van der Waals surface area contributed by atoms with Crippen LogP contribution in [-0.4, -0.2) is 15.0 Å². The third kappa shape index (κ3) is 2.56. The Balaban J connectivity index is 2.30. The van der Waals surface area contributed by atoms with Gasteiger partial charge in [0.25, 0.3) is 0 Å². The Labute approximate surface area is 98.3 Å². The second-order valence-corrected chi connectivity index (χ2v) is 4.28. The summed E-state index contributed by atoms with van der Waals surface area (Å²) in [5, 5.41) is 1.73. The third-order valence-electron chi connectivity index (χ3n) is 2.04. The van der Waals surface area contributed by atoms with E-state index in [0.717, 1.165) is 21.3 Å². The maximum atomic E-state index is 5.66. The molecule has 0 radical (unpaired) electrons. The first-order valence-electron chi connectivity index (χ1n) is 4.90. The summed E-state index contributed by atoms with van der Waals surface area (Å²) in [6.45, 7) is 2.44. The van der Waals surface area contributed by atoms with Crippen LogP contribution in [0.2, 0.25) is 0 Å². The first-order chi connectivity index (χ1) is 7.79. The molecule has 0 fully saturated rings. The highest BCUT2D eigenvalue weighted by Crippen LogP contribution is 2.26. The number of hydrogen-bond donors (Lipinski definition) is 1. The van der Waals surface area contributed by atoms with Gasteiger partial charge in [0.05, 0.1) is 6.20 Å². The van der Waals surface area contributed by atoms with Crippen LogP contribution in [0.3, 0.4) is 0 Å². The van der Waals surface area contributed by atoms with Gasteiger partial charge in [-0.15, -0.1) is 0 Å². The molecule has 16 heavy (non-hydrogen) atoms. The number of nitrogens with zero attached hydrogens (tertiary/aromatic N) is 3. The summed E-state index contributed by atoms with van der Waals surface area (Å²) in [6, 6.07) is 3.96. The van der Waals surface area contributed by atoms with Gasteiger partial charge in [0.15, 0.2) is 0 Å². The lowest BCUT2D eigenvalue weighted by Crippen LogP contribution is -2.01. The van der Waals surface area contributed by atoms with Crippen LogP contribution in [0, 0.1) is 6.92 Å². The van der Waals surface area contributed by atoms with Crippen LogP contribution in [0.25, 0.3) is 0 Å². The Morgan fingerprint density at radius 1 is 1.31 bits per heavy atom. The van der Waals surface area contributed by atoms with Crippen LogP contribution < -0.4 is 5.73 Å². The van der Waals surface area contributed by atoms with E-state index in [1.165, 1.54) is 11.8 Å². The molecule has 2 N–H and O–H groups in total. The Morgan fingerprint density at radius 3 is 2.88 bits per heavy atom. The molecule has 2 aromatic heterocycles. The predicted octanol–water partition coefficient (Wildman–Crippen LogP) is 1.79. The molecule has 0 aliphatic heterocycles. The van der Waals surface area contributed by atoms with Crippen LogP contribution in [0.5, 0.6) is 0 Å². The fourth-order valence-corrected chi connectivity index (χ4v) is 2.14. The van der Waals surface area contributed by atoms with Gasteiger partial charge in [0, 0.05) is 24.6 Å². The summed E-state index contributed by atoms with van der Waals surface area (Å²) >= 11 is 1.49. The molecule has 0 unspecified atom stereocenters. The van der Waals surface area contributed by atoms with E-state index in [9.17, 15) is 0 Å². The van der Waals surface area contributed by atoms with Crippen molar-refractivity contribution in [3.63, 3.8) is 0 Å². The van der Waals surface area contributed by atoms with Crippen molar-refractivity contribution in [2.75, 3.05) is 0 Å². The summed E-state index contributed by atoms with van der Waals surface area (Å²) < 4.78 is 0. The zero-order valence-corrected chi connectivity index (χ0v) is 9.74. The summed E-state index contributed by atoms with van der Waals surface area (Å²) in [5.41, 5.74) is 7.67. The number of nitrogens with two attached hydrogens (primary N) is 1. The fraction of sp³-hybridized carbons (Fsp3) is 0.182. The van der Waals surface area contributed by atoms with E-state index < -0.39 is 0 Å². The van der Waals surface area contributed by atoms with E-state index in [1.807, 2.05) is 19.1 Å². The summed E-state index contributed by atoms with van der Waals surface area (Å²) in [7, 11) is 0. The lowest BCUT2D eigenvalue weighted by Gasteiger charge is -2.06. The van der Waals surface area contributed by atoms with Crippen LogP contribution in [-0.2, 0) is 6.54 Å². The average Bonchev–Trinajstić information content (AvgIpc) is 2.31. The smallest absolute Gasteiger partial charge is 0.121 e. The summed E-state index contributed by atoms with van der Waals surface area (Å²) in [6.07, 6.45) is 5.03. The minimum Gasteiger partial charge on any atom is -0.326 e. The SMILES string of the molecule is Cc1ccc(CN)c(Sc2cnccn2)n1. The second-order valence-electron chi connectivity index (χ2n) is 3.27. The van der Waals surface area contributed by atoms with Crippen LogP contribution in [0.15, 0.2) is 40.8 Å². The van der Waals surface area contributed by atoms with Crippen molar-refractivity contribution in [2.45, 2.75) is 23.5 Å². The van der Waals surface area contributed by atoms with Crippen LogP contribution in [0.1, 0.15) is 11.3 Å². The van der Waals surface area contributed by atoms with Gasteiger partial charge in [-0.05, 0) is 30.3 Å². The minimum atomic E-state index is 0.482. The predicted molar refractivity (Wildman–Crippen MR) is 63.0 cm³/mol. The van der Waals surface area contributed by atoms with Gasteiger partial charge < -0.3 is 5.73 Å². The van der Waals surface area contributed by atoms with Gasteiger partial charge in [0.1, 0.15) is 10.1 Å². The van der Waals surface area contributed by atoms with Crippen molar-refractivity contribution in [2.24, 2.45) is 5.73 Å². The Hall–Kier alpha value is -1.46. The van der Waals surface area contributed by atoms with Gasteiger partial charge in [-0.3, -0.25) is 4.98 Å². The molecule has 2 heterocycles. The molecule has 82 valence electrons. The van der Waals surface area contributed by atoms with E-state index in [4.69, 9.17) is 5.73 Å². The molecule has 0 atom stereocenters. The maximum Gasteiger partial charge on any atom is 0.121 e. The van der Waals surface area contributed by atoms with Gasteiger partial charge in [-0.2, -0.15) is 0 Å². The standard InChI is InChI=1S/C11H12N4S/c1-8-2-3-9(6-12)11(15-8)16-10-7-13-4-5-14-10/h2-5,7H,6,12H2,1H3. The first-order valence-corrected chi connectivity index (χ1v) is 5.71. The molecule has 0 amide bonds. The lowest BCUT2D eigenvalue weighted by atomic mass is 10.2. The van der Waals surface area contributed by atoms with Crippen LogP contribution >= 0.6 is 11.8 Å². The average molecular weight is 232 g/mol. The van der Waals surface area contributed by atoms with E-state index >= 15 is 0 Å². The number of hydrogen-bond acceptors (Lipinski definition) is 5. The molecule has 0 bridgehead atoms. The quantitative estimate of drug-likeness (QED) is 0.874. The van der Waals surface area contributed by atoms with E-state index in [0.29, 0.717) is 6.54 Å². The zero-order valence-electron chi connectivity index (χ0n) is 8.92. The number of aryl methyl sites for hydroxylation is 1. The van der Waals surface area contributed by atoms with Crippen molar-refractivity contribution in [3.05, 3.63) is 42.0 Å². The summed E-state index contributed by atoms with van der Waals surface area (Å²) in [5.74, 6) is 0. The molecule has 5 heteroatoms. The zero-order chi connectivity index (χ0) is 11.4. The maximum absolute atomic E-state index is 5.66. The minimum absolute atomic E-state index is 0.482. The molecule has 0 saturated carbocycles. The van der Waals surface area contributed by atoms with Crippen molar-refractivity contribution in [1.82, 2.24) is 15.0 Å². The monoisotopic (exact) mass is 232 g/mol. The van der Waals surface area contributed by atoms with Crippen LogP contribution in [0.4, 0.5) is 0 Å². The second kappa shape index (κ2) is 5.05. The molecule has 2 aromatic rings. The highest BCUT2D eigenvalue weighted by atomic mass is 32.2. The highest BCUT2D eigenvalue weighted by molar-refractivity contribution is 7.99. The van der Waals surface area contributed by atoms with Crippen molar-refractivity contribution in [3.8, 4) is 0 Å². The Kier molecular flexibility index (Phi) is 3.48. The van der Waals surface area contributed by atoms with Gasteiger partial charge in [0.2, 0.25) is 0 Å². The summed E-state index contributed by atoms with van der Waals surface area (Å²) in [4.78, 5) is 12.7. The molecule has 2 rings (SSSR count). The Bertz CT molecular complexity index is 473. The van der Waals surface area contributed by atoms with Crippen molar-refractivity contribution < 1.29 is 0 Å². The van der Waals surface area contributed by atoms with Gasteiger partial charge in [-0.1, -0.05) is 6.07 Å². The first kappa shape index (κ1) is 11.0. The number of aromatic nitrogens is 3. The van der Waals surface area contributed by atoms with E-state index in [2.05, 4.69) is 15.0 Å². The van der Waals surface area contributed by atoms with Gasteiger partial charge >= 0.3 is 0 Å². The molecule has 0 aromatic carbocycles. The molecule has 4 nitrogen and oxygen atoms in total. The Morgan fingerprint density at radius 2 is 2.19 bits per heavy atom. The van der Waals surface area contributed by atoms with Gasteiger partial charge in [-0.25, -0.2) is 9.97 Å². The molecular formula is C11H12N4S. The molecule has 0 aliphatic rings. The topological polar surface area (TPSA) is 64.7 Å². The lowest BCUT2D eigenvalue weighted by molar-refractivity contribution is 0.936. The largest absolute Gasteiger partial charge is 0.326 e. The van der Waals surface area contributed by atoms with Crippen molar-refractivity contribution >= 4 is 11.8 Å². The molecule has 0 saturated heterocycles. The normalized spacial score (nSPS) is 10.4. The third-order valence-corrected chi connectivity index (χ3v) is 3.01. The number of rotatable bonds is 3. The number of pyridine rings is 1. The van der Waals surface area contributed by atoms with E-state index in [-0.39, 0.29) is 0 Å². The van der Waals surface area contributed by atoms with E-state index in [1.54, 1.807) is 18.6 Å². The molecular weight excluding hydrogens is 220 g/mol. The molecule has 0 aliphatic carbocycles. The fourth-order valence-electron chi connectivity index (χ4n) is 1.24. The molecule has 0 spiro atoms.